The quantitative estimate of drug-likeness (QED) is 0.481. The zero-order chi connectivity index (χ0) is 12.8. The average molecular weight is 250 g/mol. The molecule has 0 heterocycles. The van der Waals surface area contributed by atoms with Gasteiger partial charge in [0.25, 0.3) is 0 Å². The number of carboxylic acid groups (broad SMARTS) is 1. The van der Waals surface area contributed by atoms with Gasteiger partial charge in [0, 0.05) is 20.1 Å². The Kier molecular flexibility index (Phi) is 12.8. The Morgan fingerprint density at radius 2 is 1.35 bits per heavy atom. The van der Waals surface area contributed by atoms with Crippen LogP contribution in [0.15, 0.2) is 0 Å². The minimum absolute atomic E-state index is 0.147. The molecule has 0 aromatic rings. The van der Waals surface area contributed by atoms with E-state index in [0.29, 0.717) is 52.7 Å². The number of hydrogen-bond acceptors (Lipinski definition) is 5. The summed E-state index contributed by atoms with van der Waals surface area (Å²) in [6.45, 7) is 3.68. The van der Waals surface area contributed by atoms with Crippen molar-refractivity contribution in [3.05, 3.63) is 0 Å². The molecule has 0 rings (SSSR count). The summed E-state index contributed by atoms with van der Waals surface area (Å²) < 4.78 is 20.4. The lowest BCUT2D eigenvalue weighted by Gasteiger charge is -2.06. The Morgan fingerprint density at radius 1 is 0.882 bits per heavy atom. The summed E-state index contributed by atoms with van der Waals surface area (Å²) in [6.07, 6.45) is 0.684. The zero-order valence-electron chi connectivity index (χ0n) is 10.4. The number of carboxylic acids is 1. The van der Waals surface area contributed by atoms with Gasteiger partial charge in [0.1, 0.15) is 0 Å². The summed E-state index contributed by atoms with van der Waals surface area (Å²) in [5.41, 5.74) is 0. The highest BCUT2D eigenvalue weighted by molar-refractivity contribution is 5.66. The van der Waals surface area contributed by atoms with Gasteiger partial charge >= 0.3 is 5.97 Å². The van der Waals surface area contributed by atoms with Crippen LogP contribution in [-0.4, -0.2) is 64.4 Å². The number of ether oxygens (including phenoxy) is 4. The van der Waals surface area contributed by atoms with Crippen LogP contribution in [0.1, 0.15) is 12.8 Å². The third-order valence-corrected chi connectivity index (χ3v) is 1.86. The molecular formula is C11H22O6. The fourth-order valence-corrected chi connectivity index (χ4v) is 1.01. The van der Waals surface area contributed by atoms with Crippen LogP contribution >= 0.6 is 0 Å². The van der Waals surface area contributed by atoms with E-state index in [-0.39, 0.29) is 6.42 Å². The molecule has 0 bridgehead atoms. The second kappa shape index (κ2) is 13.4. The van der Waals surface area contributed by atoms with Crippen LogP contribution in [0.5, 0.6) is 0 Å². The maximum absolute atomic E-state index is 10.2. The summed E-state index contributed by atoms with van der Waals surface area (Å²) in [5.74, 6) is -0.793. The number of hydrogen-bond donors (Lipinski definition) is 1. The van der Waals surface area contributed by atoms with E-state index in [1.807, 2.05) is 0 Å². The van der Waals surface area contributed by atoms with Gasteiger partial charge in [-0.2, -0.15) is 0 Å². The summed E-state index contributed by atoms with van der Waals surface area (Å²) >= 11 is 0. The maximum atomic E-state index is 10.2. The van der Waals surface area contributed by atoms with Crippen LogP contribution < -0.4 is 0 Å². The van der Waals surface area contributed by atoms with Gasteiger partial charge in [0.15, 0.2) is 0 Å². The van der Waals surface area contributed by atoms with Gasteiger partial charge in [-0.1, -0.05) is 0 Å². The van der Waals surface area contributed by atoms with Gasteiger partial charge in [-0.05, 0) is 6.42 Å². The largest absolute Gasteiger partial charge is 0.481 e. The maximum Gasteiger partial charge on any atom is 0.303 e. The van der Waals surface area contributed by atoms with Crippen molar-refractivity contribution in [1.82, 2.24) is 0 Å². The van der Waals surface area contributed by atoms with Crippen molar-refractivity contribution >= 4 is 5.97 Å². The molecule has 0 aromatic carbocycles. The third-order valence-electron chi connectivity index (χ3n) is 1.86. The Bertz CT molecular complexity index is 173. The van der Waals surface area contributed by atoms with E-state index in [2.05, 4.69) is 0 Å². The van der Waals surface area contributed by atoms with Crippen molar-refractivity contribution in [2.75, 3.05) is 53.4 Å². The summed E-state index contributed by atoms with van der Waals surface area (Å²) in [6, 6.07) is 0. The van der Waals surface area contributed by atoms with E-state index >= 15 is 0 Å². The monoisotopic (exact) mass is 250 g/mol. The normalized spacial score (nSPS) is 10.6. The van der Waals surface area contributed by atoms with Crippen molar-refractivity contribution in [3.63, 3.8) is 0 Å². The summed E-state index contributed by atoms with van der Waals surface area (Å²) in [4.78, 5) is 10.2. The Balaban J connectivity index is 2.91. The molecule has 0 spiro atoms. The number of aliphatic carboxylic acids is 1. The van der Waals surface area contributed by atoms with Gasteiger partial charge in [-0.15, -0.1) is 0 Å². The van der Waals surface area contributed by atoms with Crippen LogP contribution in [0.2, 0.25) is 0 Å². The molecule has 0 unspecified atom stereocenters. The van der Waals surface area contributed by atoms with Gasteiger partial charge in [-0.25, -0.2) is 0 Å². The molecule has 0 atom stereocenters. The van der Waals surface area contributed by atoms with Gasteiger partial charge in [0.2, 0.25) is 0 Å². The van der Waals surface area contributed by atoms with E-state index in [9.17, 15) is 4.79 Å². The lowest BCUT2D eigenvalue weighted by Crippen LogP contribution is -2.11. The molecule has 102 valence electrons. The topological polar surface area (TPSA) is 74.2 Å². The second-order valence-corrected chi connectivity index (χ2v) is 3.33. The highest BCUT2D eigenvalue weighted by Crippen LogP contribution is 1.90. The summed E-state index contributed by atoms with van der Waals surface area (Å²) in [7, 11) is 1.63. The van der Waals surface area contributed by atoms with Crippen LogP contribution in [0.4, 0.5) is 0 Å². The Morgan fingerprint density at radius 3 is 1.82 bits per heavy atom. The molecule has 0 aliphatic heterocycles. The van der Waals surface area contributed by atoms with Crippen molar-refractivity contribution < 1.29 is 28.8 Å². The third kappa shape index (κ3) is 15.3. The fraction of sp³-hybridized carbons (Fsp3) is 0.909. The first-order valence-electron chi connectivity index (χ1n) is 5.71. The SMILES string of the molecule is COCCOCCOCCOCCCC(=O)O. The van der Waals surface area contributed by atoms with Gasteiger partial charge in [0.05, 0.1) is 39.6 Å². The molecule has 6 heteroatoms. The Hall–Kier alpha value is -0.690. The van der Waals surface area contributed by atoms with Crippen LogP contribution in [0.25, 0.3) is 0 Å². The molecule has 17 heavy (non-hydrogen) atoms. The zero-order valence-corrected chi connectivity index (χ0v) is 10.4. The van der Waals surface area contributed by atoms with Crippen molar-refractivity contribution in [2.45, 2.75) is 12.8 Å². The summed E-state index contributed by atoms with van der Waals surface area (Å²) in [5, 5.41) is 8.37. The minimum atomic E-state index is -0.793. The van der Waals surface area contributed by atoms with Crippen LogP contribution in [-0.2, 0) is 23.7 Å². The molecule has 0 aliphatic carbocycles. The average Bonchev–Trinajstić information content (AvgIpc) is 2.30. The van der Waals surface area contributed by atoms with E-state index in [4.69, 9.17) is 24.1 Å². The molecule has 0 aliphatic rings. The Labute approximate surface area is 102 Å². The number of methoxy groups -OCH3 is 1. The van der Waals surface area contributed by atoms with E-state index in [1.165, 1.54) is 0 Å². The van der Waals surface area contributed by atoms with Crippen molar-refractivity contribution in [1.29, 1.82) is 0 Å². The number of carbonyl (C=O) groups is 1. The minimum Gasteiger partial charge on any atom is -0.481 e. The molecule has 1 N–H and O–H groups in total. The molecular weight excluding hydrogens is 228 g/mol. The highest BCUT2D eigenvalue weighted by atomic mass is 16.6. The van der Waals surface area contributed by atoms with E-state index < -0.39 is 5.97 Å². The molecule has 0 aromatic heterocycles. The molecule has 0 radical (unpaired) electrons. The first kappa shape index (κ1) is 16.3. The molecule has 6 nitrogen and oxygen atoms in total. The molecule has 0 saturated heterocycles. The van der Waals surface area contributed by atoms with Crippen LogP contribution in [0.3, 0.4) is 0 Å². The van der Waals surface area contributed by atoms with Crippen LogP contribution in [0, 0.1) is 0 Å². The molecule has 0 amide bonds. The number of rotatable bonds is 13. The molecule has 0 fully saturated rings. The first-order valence-corrected chi connectivity index (χ1v) is 5.71. The first-order chi connectivity index (χ1) is 8.27. The van der Waals surface area contributed by atoms with Crippen molar-refractivity contribution in [3.8, 4) is 0 Å². The smallest absolute Gasteiger partial charge is 0.303 e. The molecule has 0 saturated carbocycles. The van der Waals surface area contributed by atoms with E-state index in [0.717, 1.165) is 0 Å². The van der Waals surface area contributed by atoms with Crippen molar-refractivity contribution in [2.24, 2.45) is 0 Å². The predicted molar refractivity (Wildman–Crippen MR) is 61.2 cm³/mol. The lowest BCUT2D eigenvalue weighted by atomic mass is 10.3. The second-order valence-electron chi connectivity index (χ2n) is 3.33. The van der Waals surface area contributed by atoms with Gasteiger partial charge in [-0.3, -0.25) is 4.79 Å². The fourth-order valence-electron chi connectivity index (χ4n) is 1.01. The van der Waals surface area contributed by atoms with E-state index in [1.54, 1.807) is 7.11 Å². The predicted octanol–water partition coefficient (Wildman–Crippen LogP) is 0.547. The lowest BCUT2D eigenvalue weighted by molar-refractivity contribution is -0.137. The highest BCUT2D eigenvalue weighted by Gasteiger charge is 1.96. The standard InChI is InChI=1S/C11H22O6/c1-14-5-6-16-9-10-17-8-7-15-4-2-3-11(12)13/h2-10H2,1H3,(H,12,13). The van der Waals surface area contributed by atoms with Gasteiger partial charge < -0.3 is 24.1 Å².